The van der Waals surface area contributed by atoms with Gasteiger partial charge in [-0.05, 0) is 59.7 Å². The molecule has 8 heteroatoms. The Labute approximate surface area is 205 Å². The van der Waals surface area contributed by atoms with E-state index in [-0.39, 0.29) is 29.7 Å². The summed E-state index contributed by atoms with van der Waals surface area (Å²) in [5.41, 5.74) is 7.84. The SMILES string of the molecule is CCOc1cc([C@@H]2C(C#N)=C(N)OC3=C2C(=O)CCC3)cc(I)c1OCc1ccccc1F. The van der Waals surface area contributed by atoms with Crippen molar-refractivity contribution in [2.45, 2.75) is 38.7 Å². The van der Waals surface area contributed by atoms with Crippen molar-refractivity contribution in [1.82, 2.24) is 0 Å². The second-order valence-corrected chi connectivity index (χ2v) is 8.84. The molecule has 2 aromatic carbocycles. The number of rotatable bonds is 6. The van der Waals surface area contributed by atoms with Gasteiger partial charge in [0.1, 0.15) is 29.8 Å². The van der Waals surface area contributed by atoms with Crippen LogP contribution in [0.1, 0.15) is 43.2 Å². The lowest BCUT2D eigenvalue weighted by molar-refractivity contribution is -0.116. The smallest absolute Gasteiger partial charge is 0.205 e. The second-order valence-electron chi connectivity index (χ2n) is 7.68. The Morgan fingerprint density at radius 2 is 2.06 bits per heavy atom. The van der Waals surface area contributed by atoms with Gasteiger partial charge in [0.2, 0.25) is 5.88 Å². The number of ether oxygens (including phenoxy) is 3. The van der Waals surface area contributed by atoms with Crippen molar-refractivity contribution in [2.75, 3.05) is 6.61 Å². The number of nitrogens with zero attached hydrogens (tertiary/aromatic N) is 1. The number of carbonyl (C=O) groups excluding carboxylic acids is 1. The average molecular weight is 560 g/mol. The maximum absolute atomic E-state index is 14.1. The molecule has 0 aromatic heterocycles. The summed E-state index contributed by atoms with van der Waals surface area (Å²) in [5.74, 6) is 0.428. The van der Waals surface area contributed by atoms with E-state index in [0.29, 0.717) is 63.4 Å². The summed E-state index contributed by atoms with van der Waals surface area (Å²) in [7, 11) is 0. The molecule has 0 amide bonds. The van der Waals surface area contributed by atoms with E-state index in [1.54, 1.807) is 24.3 Å². The van der Waals surface area contributed by atoms with Crippen LogP contribution in [0.5, 0.6) is 11.5 Å². The van der Waals surface area contributed by atoms with Crippen LogP contribution >= 0.6 is 22.6 Å². The number of ketones is 1. The summed E-state index contributed by atoms with van der Waals surface area (Å²) >= 11 is 2.12. The summed E-state index contributed by atoms with van der Waals surface area (Å²) in [6, 6.07) is 12.1. The maximum atomic E-state index is 14.1. The summed E-state index contributed by atoms with van der Waals surface area (Å²) < 4.78 is 32.2. The second kappa shape index (κ2) is 9.83. The quantitative estimate of drug-likeness (QED) is 0.487. The van der Waals surface area contributed by atoms with Crippen molar-refractivity contribution >= 4 is 28.4 Å². The van der Waals surface area contributed by atoms with Gasteiger partial charge in [0, 0.05) is 24.0 Å². The van der Waals surface area contributed by atoms with Crippen LogP contribution < -0.4 is 15.2 Å². The first-order chi connectivity index (χ1) is 15.9. The van der Waals surface area contributed by atoms with Gasteiger partial charge in [-0.2, -0.15) is 5.26 Å². The number of hydrogen-bond acceptors (Lipinski definition) is 6. The molecule has 6 nitrogen and oxygen atoms in total. The van der Waals surface area contributed by atoms with Crippen LogP contribution in [0, 0.1) is 20.7 Å². The number of halogens is 2. The molecule has 33 heavy (non-hydrogen) atoms. The summed E-state index contributed by atoms with van der Waals surface area (Å²) in [5, 5.41) is 9.81. The topological polar surface area (TPSA) is 94.6 Å². The zero-order valence-corrected chi connectivity index (χ0v) is 20.1. The Balaban J connectivity index is 1.77. The lowest BCUT2D eigenvalue weighted by atomic mass is 9.77. The number of Topliss-reactive ketones (excluding diaryl/α,β-unsaturated/α-hetero) is 1. The van der Waals surface area contributed by atoms with Gasteiger partial charge in [0.05, 0.1) is 16.1 Å². The van der Waals surface area contributed by atoms with E-state index in [4.69, 9.17) is 19.9 Å². The highest BCUT2D eigenvalue weighted by atomic mass is 127. The van der Waals surface area contributed by atoms with Crippen molar-refractivity contribution < 1.29 is 23.4 Å². The van der Waals surface area contributed by atoms with Crippen LogP contribution in [-0.4, -0.2) is 12.4 Å². The molecule has 0 radical (unpaired) electrons. The zero-order chi connectivity index (χ0) is 23.5. The molecule has 2 N–H and O–H groups in total. The molecule has 0 saturated heterocycles. The molecule has 2 aromatic rings. The van der Waals surface area contributed by atoms with Gasteiger partial charge in [0.15, 0.2) is 17.3 Å². The predicted octanol–water partition coefficient (Wildman–Crippen LogP) is 5.22. The molecule has 1 atom stereocenters. The van der Waals surface area contributed by atoms with Gasteiger partial charge in [-0.1, -0.05) is 18.2 Å². The van der Waals surface area contributed by atoms with Crippen LogP contribution in [-0.2, 0) is 16.1 Å². The van der Waals surface area contributed by atoms with Crippen LogP contribution in [0.2, 0.25) is 0 Å². The molecule has 1 aliphatic heterocycles. The average Bonchev–Trinajstić information content (AvgIpc) is 2.79. The lowest BCUT2D eigenvalue weighted by Crippen LogP contribution is -2.27. The van der Waals surface area contributed by atoms with Crippen LogP contribution in [0.4, 0.5) is 4.39 Å². The van der Waals surface area contributed by atoms with E-state index in [0.717, 1.165) is 0 Å². The Morgan fingerprint density at radius 3 is 2.79 bits per heavy atom. The highest BCUT2D eigenvalue weighted by molar-refractivity contribution is 14.1. The Hall–Kier alpha value is -3.06. The minimum Gasteiger partial charge on any atom is -0.490 e. The number of hydrogen-bond donors (Lipinski definition) is 1. The molecule has 1 heterocycles. The van der Waals surface area contributed by atoms with Gasteiger partial charge in [0.25, 0.3) is 0 Å². The van der Waals surface area contributed by atoms with Gasteiger partial charge in [-0.15, -0.1) is 0 Å². The molecule has 0 spiro atoms. The summed E-state index contributed by atoms with van der Waals surface area (Å²) in [6.07, 6.45) is 1.68. The fourth-order valence-electron chi connectivity index (χ4n) is 4.11. The number of nitrogens with two attached hydrogens (primary N) is 1. The van der Waals surface area contributed by atoms with E-state index in [1.165, 1.54) is 6.07 Å². The van der Waals surface area contributed by atoms with E-state index < -0.39 is 5.92 Å². The monoisotopic (exact) mass is 560 g/mol. The lowest BCUT2D eigenvalue weighted by Gasteiger charge is -2.31. The normalized spacial score (nSPS) is 17.9. The molecule has 0 fully saturated rings. The fraction of sp³-hybridized carbons (Fsp3) is 0.280. The molecular weight excluding hydrogens is 538 g/mol. The number of carbonyl (C=O) groups is 1. The van der Waals surface area contributed by atoms with Crippen molar-refractivity contribution in [3.8, 4) is 17.6 Å². The molecule has 0 unspecified atom stereocenters. The highest BCUT2D eigenvalue weighted by Gasteiger charge is 2.38. The maximum Gasteiger partial charge on any atom is 0.205 e. The third kappa shape index (κ3) is 4.55. The van der Waals surface area contributed by atoms with E-state index in [1.807, 2.05) is 13.0 Å². The van der Waals surface area contributed by atoms with Gasteiger partial charge >= 0.3 is 0 Å². The molecule has 0 saturated carbocycles. The van der Waals surface area contributed by atoms with Gasteiger partial charge < -0.3 is 19.9 Å². The largest absolute Gasteiger partial charge is 0.490 e. The fourth-order valence-corrected chi connectivity index (χ4v) is 4.89. The number of allylic oxidation sites excluding steroid dienone is 3. The van der Waals surface area contributed by atoms with Crippen molar-refractivity contribution in [3.63, 3.8) is 0 Å². The Bertz CT molecular complexity index is 1220. The Kier molecular flexibility index (Phi) is 6.88. The third-order valence-corrected chi connectivity index (χ3v) is 6.40. The molecule has 0 bridgehead atoms. The number of benzene rings is 2. The zero-order valence-electron chi connectivity index (χ0n) is 18.0. The van der Waals surface area contributed by atoms with Crippen molar-refractivity contribution in [2.24, 2.45) is 5.73 Å². The summed E-state index contributed by atoms with van der Waals surface area (Å²) in [6.45, 7) is 2.25. The van der Waals surface area contributed by atoms with Gasteiger partial charge in [-0.3, -0.25) is 4.79 Å². The molecule has 2 aliphatic rings. The molecular formula is C25H22FIN2O4. The molecule has 1 aliphatic carbocycles. The molecule has 170 valence electrons. The first kappa shape index (κ1) is 23.1. The minimum atomic E-state index is -0.639. The minimum absolute atomic E-state index is 0.0174. The van der Waals surface area contributed by atoms with Crippen molar-refractivity contribution in [3.05, 3.63) is 79.7 Å². The third-order valence-electron chi connectivity index (χ3n) is 5.60. The summed E-state index contributed by atoms with van der Waals surface area (Å²) in [4.78, 5) is 12.8. The van der Waals surface area contributed by atoms with Crippen LogP contribution in [0.3, 0.4) is 0 Å². The Morgan fingerprint density at radius 1 is 1.27 bits per heavy atom. The van der Waals surface area contributed by atoms with Crippen LogP contribution in [0.15, 0.2) is 59.2 Å². The van der Waals surface area contributed by atoms with E-state index >= 15 is 0 Å². The molecule has 4 rings (SSSR count). The van der Waals surface area contributed by atoms with Crippen molar-refractivity contribution in [1.29, 1.82) is 5.26 Å². The first-order valence-electron chi connectivity index (χ1n) is 10.6. The van der Waals surface area contributed by atoms with E-state index in [2.05, 4.69) is 28.7 Å². The number of nitriles is 1. The highest BCUT2D eigenvalue weighted by Crippen LogP contribution is 2.46. The standard InChI is InChI=1S/C25H22FIN2O4/c1-2-31-21-11-15(10-18(27)24(21)32-13-14-6-3-4-7-17(14)26)22-16(12-28)25(29)33-20-9-5-8-19(30)23(20)22/h3-4,6-7,10-11,22H,2,5,8-9,13,29H2,1H3/t22-/m1/s1. The predicted molar refractivity (Wildman–Crippen MR) is 128 cm³/mol. The van der Waals surface area contributed by atoms with Crippen LogP contribution in [0.25, 0.3) is 0 Å². The first-order valence-corrected chi connectivity index (χ1v) is 11.7. The van der Waals surface area contributed by atoms with E-state index in [9.17, 15) is 14.4 Å². The van der Waals surface area contributed by atoms with Gasteiger partial charge in [-0.25, -0.2) is 4.39 Å².